The van der Waals surface area contributed by atoms with E-state index in [4.69, 9.17) is 4.74 Å². The first-order valence-electron chi connectivity index (χ1n) is 4.08. The fourth-order valence-electron chi connectivity index (χ4n) is 1.37. The maximum atomic E-state index is 9.61. The normalized spacial score (nSPS) is 10.7. The molecular weight excluding hydrogens is 216 g/mol. The van der Waals surface area contributed by atoms with Gasteiger partial charge in [0.25, 0.3) is 0 Å². The van der Waals surface area contributed by atoms with Crippen LogP contribution in [0.15, 0.2) is 22.4 Å². The highest BCUT2D eigenvalue weighted by Gasteiger charge is 2.10. The van der Waals surface area contributed by atoms with Gasteiger partial charge in [-0.25, -0.2) is 0 Å². The van der Waals surface area contributed by atoms with E-state index in [2.05, 4.69) is 6.07 Å². The minimum absolute atomic E-state index is 0.300. The van der Waals surface area contributed by atoms with Crippen molar-refractivity contribution < 1.29 is 9.84 Å². The van der Waals surface area contributed by atoms with E-state index in [9.17, 15) is 5.11 Å². The average molecular weight is 226 g/mol. The molecule has 0 fully saturated rings. The van der Waals surface area contributed by atoms with Crippen LogP contribution >= 0.6 is 23.1 Å². The molecule has 0 aliphatic heterocycles. The van der Waals surface area contributed by atoms with Gasteiger partial charge in [0.1, 0.15) is 11.5 Å². The first kappa shape index (κ1) is 9.68. The number of hydrogen-bond donors (Lipinski definition) is 1. The lowest BCUT2D eigenvalue weighted by Crippen LogP contribution is -1.83. The van der Waals surface area contributed by atoms with E-state index < -0.39 is 0 Å². The minimum atomic E-state index is 0.300. The Hall–Kier alpha value is -0.870. The predicted molar refractivity (Wildman–Crippen MR) is 61.8 cm³/mol. The molecule has 0 aliphatic carbocycles. The Morgan fingerprint density at radius 3 is 2.86 bits per heavy atom. The minimum Gasteiger partial charge on any atom is -0.506 e. The Bertz CT molecular complexity index is 462. The summed E-state index contributed by atoms with van der Waals surface area (Å²) in [6, 6.07) is 4.01. The highest BCUT2D eigenvalue weighted by atomic mass is 32.2. The number of rotatable bonds is 2. The van der Waals surface area contributed by atoms with Crippen LogP contribution in [0.1, 0.15) is 0 Å². The highest BCUT2D eigenvalue weighted by Crippen LogP contribution is 2.40. The van der Waals surface area contributed by atoms with Gasteiger partial charge in [0, 0.05) is 15.0 Å². The van der Waals surface area contributed by atoms with Crippen LogP contribution in [0.2, 0.25) is 0 Å². The fourth-order valence-corrected chi connectivity index (χ4v) is 2.78. The first-order chi connectivity index (χ1) is 6.76. The number of benzene rings is 1. The van der Waals surface area contributed by atoms with Gasteiger partial charge in [-0.15, -0.1) is 23.1 Å². The summed E-state index contributed by atoms with van der Waals surface area (Å²) in [4.78, 5) is 1.15. The van der Waals surface area contributed by atoms with Gasteiger partial charge in [-0.1, -0.05) is 0 Å². The molecule has 0 atom stereocenters. The molecule has 2 aromatic rings. The van der Waals surface area contributed by atoms with Gasteiger partial charge in [-0.05, 0) is 18.4 Å². The summed E-state index contributed by atoms with van der Waals surface area (Å²) in [5.41, 5.74) is 0. The number of ether oxygens (including phenoxy) is 1. The Balaban J connectivity index is 2.76. The molecule has 2 nitrogen and oxygen atoms in total. The van der Waals surface area contributed by atoms with Crippen molar-refractivity contribution in [3.8, 4) is 11.5 Å². The van der Waals surface area contributed by atoms with E-state index in [-0.39, 0.29) is 0 Å². The molecule has 14 heavy (non-hydrogen) atoms. The standard InChI is InChI=1S/C10H10O2S2/c1-12-8-3-6(13-2)4-9-10(8)7(11)5-14-9/h3-5,11H,1-2H3. The summed E-state index contributed by atoms with van der Waals surface area (Å²) in [7, 11) is 1.62. The molecular formula is C10H10O2S2. The van der Waals surface area contributed by atoms with E-state index >= 15 is 0 Å². The zero-order valence-electron chi connectivity index (χ0n) is 7.90. The van der Waals surface area contributed by atoms with Gasteiger partial charge in [0.05, 0.1) is 12.5 Å². The van der Waals surface area contributed by atoms with Crippen LogP contribution in [0, 0.1) is 0 Å². The van der Waals surface area contributed by atoms with E-state index in [0.29, 0.717) is 5.75 Å². The third-order valence-electron chi connectivity index (χ3n) is 2.05. The van der Waals surface area contributed by atoms with Crippen molar-refractivity contribution >= 4 is 33.2 Å². The van der Waals surface area contributed by atoms with Crippen molar-refractivity contribution in [2.75, 3.05) is 13.4 Å². The van der Waals surface area contributed by atoms with Gasteiger partial charge in [-0.3, -0.25) is 0 Å². The fraction of sp³-hybridized carbons (Fsp3) is 0.200. The van der Waals surface area contributed by atoms with Crippen molar-refractivity contribution in [3.63, 3.8) is 0 Å². The molecule has 0 bridgehead atoms. The van der Waals surface area contributed by atoms with Crippen LogP contribution in [0.25, 0.3) is 10.1 Å². The smallest absolute Gasteiger partial charge is 0.137 e. The molecule has 0 saturated carbocycles. The molecule has 1 heterocycles. The van der Waals surface area contributed by atoms with E-state index in [1.54, 1.807) is 24.3 Å². The number of thioether (sulfide) groups is 1. The van der Waals surface area contributed by atoms with Crippen molar-refractivity contribution in [2.45, 2.75) is 4.90 Å². The van der Waals surface area contributed by atoms with Crippen molar-refractivity contribution in [1.82, 2.24) is 0 Å². The van der Waals surface area contributed by atoms with Crippen molar-refractivity contribution in [2.24, 2.45) is 0 Å². The molecule has 0 radical (unpaired) electrons. The van der Waals surface area contributed by atoms with Crippen molar-refractivity contribution in [3.05, 3.63) is 17.5 Å². The van der Waals surface area contributed by atoms with Crippen molar-refractivity contribution in [1.29, 1.82) is 0 Å². The average Bonchev–Trinajstić information content (AvgIpc) is 2.59. The molecule has 1 aromatic heterocycles. The quantitative estimate of drug-likeness (QED) is 0.796. The third kappa shape index (κ3) is 1.44. The second-order valence-corrected chi connectivity index (χ2v) is 4.61. The van der Waals surface area contributed by atoms with Gasteiger partial charge < -0.3 is 9.84 Å². The molecule has 0 spiro atoms. The van der Waals surface area contributed by atoms with Gasteiger partial charge in [0.15, 0.2) is 0 Å². The maximum Gasteiger partial charge on any atom is 0.137 e. The third-order valence-corrected chi connectivity index (χ3v) is 3.67. The van der Waals surface area contributed by atoms with Crippen LogP contribution < -0.4 is 4.74 Å². The largest absolute Gasteiger partial charge is 0.506 e. The number of hydrogen-bond acceptors (Lipinski definition) is 4. The lowest BCUT2D eigenvalue weighted by molar-refractivity contribution is 0.415. The second-order valence-electron chi connectivity index (χ2n) is 2.82. The Kier molecular flexibility index (Phi) is 2.56. The lowest BCUT2D eigenvalue weighted by Gasteiger charge is -2.04. The first-order valence-corrected chi connectivity index (χ1v) is 6.19. The number of fused-ring (bicyclic) bond motifs is 1. The molecule has 0 amide bonds. The lowest BCUT2D eigenvalue weighted by atomic mass is 10.2. The Morgan fingerprint density at radius 1 is 1.43 bits per heavy atom. The zero-order valence-corrected chi connectivity index (χ0v) is 9.54. The monoisotopic (exact) mass is 226 g/mol. The summed E-state index contributed by atoms with van der Waals surface area (Å²) in [5.74, 6) is 1.04. The number of methoxy groups -OCH3 is 1. The summed E-state index contributed by atoms with van der Waals surface area (Å²) in [5, 5.41) is 12.2. The predicted octanol–water partition coefficient (Wildman–Crippen LogP) is 3.34. The van der Waals surface area contributed by atoms with E-state index in [1.165, 1.54) is 11.3 Å². The number of aromatic hydroxyl groups is 1. The molecule has 1 aromatic carbocycles. The SMILES string of the molecule is COc1cc(SC)cc2scc(O)c12. The second kappa shape index (κ2) is 3.71. The van der Waals surface area contributed by atoms with Crippen LogP contribution in [0.3, 0.4) is 0 Å². The molecule has 0 aliphatic rings. The molecule has 2 rings (SSSR count). The molecule has 0 unspecified atom stereocenters. The maximum absolute atomic E-state index is 9.61. The van der Waals surface area contributed by atoms with Crippen LogP contribution in [0.4, 0.5) is 0 Å². The Labute approximate surface area is 90.5 Å². The highest BCUT2D eigenvalue weighted by molar-refractivity contribution is 7.98. The molecule has 0 saturated heterocycles. The zero-order chi connectivity index (χ0) is 10.1. The van der Waals surface area contributed by atoms with E-state index in [0.717, 1.165) is 20.7 Å². The summed E-state index contributed by atoms with van der Waals surface area (Å²) in [6.45, 7) is 0. The molecule has 1 N–H and O–H groups in total. The number of thiophene rings is 1. The van der Waals surface area contributed by atoms with Crippen LogP contribution in [-0.2, 0) is 0 Å². The van der Waals surface area contributed by atoms with Gasteiger partial charge >= 0.3 is 0 Å². The summed E-state index contributed by atoms with van der Waals surface area (Å²) < 4.78 is 6.30. The topological polar surface area (TPSA) is 29.5 Å². The van der Waals surface area contributed by atoms with Gasteiger partial charge in [-0.2, -0.15) is 0 Å². The summed E-state index contributed by atoms with van der Waals surface area (Å²) >= 11 is 3.20. The van der Waals surface area contributed by atoms with Crippen LogP contribution in [0.5, 0.6) is 11.5 Å². The Morgan fingerprint density at radius 2 is 2.21 bits per heavy atom. The van der Waals surface area contributed by atoms with Crippen LogP contribution in [-0.4, -0.2) is 18.5 Å². The molecule has 74 valence electrons. The van der Waals surface area contributed by atoms with E-state index in [1.807, 2.05) is 12.3 Å². The van der Waals surface area contributed by atoms with Gasteiger partial charge in [0.2, 0.25) is 0 Å². The molecule has 4 heteroatoms. The summed E-state index contributed by atoms with van der Waals surface area (Å²) in [6.07, 6.45) is 2.02.